The number of benzene rings is 1. The molecule has 0 heterocycles. The maximum absolute atomic E-state index is 5.97. The van der Waals surface area contributed by atoms with Gasteiger partial charge < -0.3 is 10.2 Å². The minimum Gasteiger partial charge on any atom is -0.311 e. The molecule has 0 aliphatic carbocycles. The summed E-state index contributed by atoms with van der Waals surface area (Å²) in [4.78, 5) is 2.28. The van der Waals surface area contributed by atoms with E-state index in [2.05, 4.69) is 46.2 Å². The highest BCUT2D eigenvalue weighted by molar-refractivity contribution is 9.10. The molecular weight excluding hydrogens is 288 g/mol. The van der Waals surface area contributed by atoms with Crippen LogP contribution in [0.5, 0.6) is 0 Å². The standard InChI is InChI=1S/C12H18BrClN2/c1-3-16(2)5-4-15-9-10-6-11(13)8-12(14)7-10/h6-8,15H,3-5,9H2,1-2H3. The molecule has 0 aromatic heterocycles. The predicted octanol–water partition coefficient (Wildman–Crippen LogP) is 3.14. The van der Waals surface area contributed by atoms with E-state index < -0.39 is 0 Å². The molecule has 0 fully saturated rings. The zero-order chi connectivity index (χ0) is 12.0. The van der Waals surface area contributed by atoms with E-state index in [0.717, 1.165) is 35.7 Å². The van der Waals surface area contributed by atoms with Crippen LogP contribution in [-0.4, -0.2) is 31.6 Å². The molecule has 1 rings (SSSR count). The zero-order valence-corrected chi connectivity index (χ0v) is 12.1. The first-order chi connectivity index (χ1) is 7.61. The Morgan fingerprint density at radius 3 is 2.75 bits per heavy atom. The fourth-order valence-electron chi connectivity index (χ4n) is 1.37. The highest BCUT2D eigenvalue weighted by atomic mass is 79.9. The minimum atomic E-state index is 0.775. The van der Waals surface area contributed by atoms with Gasteiger partial charge in [0.1, 0.15) is 0 Å². The highest BCUT2D eigenvalue weighted by Gasteiger charge is 1.98. The summed E-state index contributed by atoms with van der Waals surface area (Å²) in [5, 5.41) is 4.18. The first kappa shape index (κ1) is 14.0. The van der Waals surface area contributed by atoms with Gasteiger partial charge in [-0.25, -0.2) is 0 Å². The molecular formula is C12H18BrClN2. The minimum absolute atomic E-state index is 0.775. The summed E-state index contributed by atoms with van der Waals surface area (Å²) in [6.45, 7) is 6.17. The average Bonchev–Trinajstić information content (AvgIpc) is 2.22. The zero-order valence-electron chi connectivity index (χ0n) is 9.76. The van der Waals surface area contributed by atoms with Gasteiger partial charge in [0.2, 0.25) is 0 Å². The number of rotatable bonds is 6. The van der Waals surface area contributed by atoms with E-state index in [-0.39, 0.29) is 0 Å². The van der Waals surface area contributed by atoms with E-state index in [1.165, 1.54) is 5.56 Å². The number of hydrogen-bond acceptors (Lipinski definition) is 2. The van der Waals surface area contributed by atoms with Gasteiger partial charge in [-0.05, 0) is 37.4 Å². The van der Waals surface area contributed by atoms with Gasteiger partial charge in [0.15, 0.2) is 0 Å². The van der Waals surface area contributed by atoms with Crippen LogP contribution >= 0.6 is 27.5 Å². The highest BCUT2D eigenvalue weighted by Crippen LogP contribution is 2.19. The molecule has 0 saturated carbocycles. The van der Waals surface area contributed by atoms with Gasteiger partial charge >= 0.3 is 0 Å². The third-order valence-corrected chi connectivity index (χ3v) is 3.14. The van der Waals surface area contributed by atoms with Gasteiger partial charge in [0.25, 0.3) is 0 Å². The van der Waals surface area contributed by atoms with E-state index >= 15 is 0 Å². The monoisotopic (exact) mass is 304 g/mol. The van der Waals surface area contributed by atoms with Crippen LogP contribution in [0.15, 0.2) is 22.7 Å². The molecule has 1 aromatic rings. The van der Waals surface area contributed by atoms with Crippen molar-refractivity contribution in [3.8, 4) is 0 Å². The van der Waals surface area contributed by atoms with Crippen molar-refractivity contribution in [3.05, 3.63) is 33.3 Å². The molecule has 0 bridgehead atoms. The van der Waals surface area contributed by atoms with E-state index in [9.17, 15) is 0 Å². The predicted molar refractivity (Wildman–Crippen MR) is 74.0 cm³/mol. The van der Waals surface area contributed by atoms with Gasteiger partial charge in [0.05, 0.1) is 0 Å². The molecule has 0 aliphatic heterocycles. The Labute approximate surface area is 111 Å². The Morgan fingerprint density at radius 2 is 2.12 bits per heavy atom. The average molecular weight is 306 g/mol. The van der Waals surface area contributed by atoms with Crippen LogP contribution in [0.25, 0.3) is 0 Å². The lowest BCUT2D eigenvalue weighted by molar-refractivity contribution is 0.349. The van der Waals surface area contributed by atoms with E-state index in [1.807, 2.05) is 12.1 Å². The lowest BCUT2D eigenvalue weighted by atomic mass is 10.2. The fourth-order valence-corrected chi connectivity index (χ4v) is 2.30. The number of halogens is 2. The Balaban J connectivity index is 2.32. The number of nitrogens with one attached hydrogen (secondary N) is 1. The molecule has 0 radical (unpaired) electrons. The third kappa shape index (κ3) is 5.30. The molecule has 1 aromatic carbocycles. The molecule has 0 atom stereocenters. The summed E-state index contributed by atoms with van der Waals surface area (Å²) in [6.07, 6.45) is 0. The molecule has 0 saturated heterocycles. The normalized spacial score (nSPS) is 11.1. The van der Waals surface area contributed by atoms with Crippen molar-refractivity contribution in [3.63, 3.8) is 0 Å². The molecule has 0 spiro atoms. The second-order valence-electron chi connectivity index (χ2n) is 3.85. The molecule has 90 valence electrons. The summed E-state index contributed by atoms with van der Waals surface area (Å²) in [5.74, 6) is 0. The fraction of sp³-hybridized carbons (Fsp3) is 0.500. The lowest BCUT2D eigenvalue weighted by Crippen LogP contribution is -2.28. The van der Waals surface area contributed by atoms with Crippen molar-refractivity contribution in [1.29, 1.82) is 0 Å². The van der Waals surface area contributed by atoms with Crippen LogP contribution in [0.2, 0.25) is 5.02 Å². The molecule has 0 amide bonds. The molecule has 1 N–H and O–H groups in total. The van der Waals surface area contributed by atoms with Crippen molar-refractivity contribution in [2.45, 2.75) is 13.5 Å². The Morgan fingerprint density at radius 1 is 1.38 bits per heavy atom. The van der Waals surface area contributed by atoms with Crippen LogP contribution < -0.4 is 5.32 Å². The van der Waals surface area contributed by atoms with E-state index in [1.54, 1.807) is 0 Å². The summed E-state index contributed by atoms with van der Waals surface area (Å²) in [5.41, 5.74) is 1.21. The Hall–Kier alpha value is -0.0900. The lowest BCUT2D eigenvalue weighted by Gasteiger charge is -2.14. The van der Waals surface area contributed by atoms with Gasteiger partial charge in [-0.15, -0.1) is 0 Å². The summed E-state index contributed by atoms with van der Waals surface area (Å²) in [7, 11) is 2.12. The molecule has 2 nitrogen and oxygen atoms in total. The van der Waals surface area contributed by atoms with Crippen molar-refractivity contribution < 1.29 is 0 Å². The smallest absolute Gasteiger partial charge is 0.0420 e. The molecule has 4 heteroatoms. The van der Waals surface area contributed by atoms with Crippen molar-refractivity contribution in [2.24, 2.45) is 0 Å². The van der Waals surface area contributed by atoms with Crippen LogP contribution in [0, 0.1) is 0 Å². The largest absolute Gasteiger partial charge is 0.311 e. The Kier molecular flexibility index (Phi) is 6.36. The van der Waals surface area contributed by atoms with Crippen molar-refractivity contribution in [2.75, 3.05) is 26.7 Å². The maximum Gasteiger partial charge on any atom is 0.0420 e. The van der Waals surface area contributed by atoms with Crippen LogP contribution in [-0.2, 0) is 6.54 Å². The van der Waals surface area contributed by atoms with Crippen LogP contribution in [0.1, 0.15) is 12.5 Å². The van der Waals surface area contributed by atoms with Gasteiger partial charge in [-0.3, -0.25) is 0 Å². The first-order valence-corrected chi connectivity index (χ1v) is 6.63. The van der Waals surface area contributed by atoms with Crippen LogP contribution in [0.3, 0.4) is 0 Å². The van der Waals surface area contributed by atoms with Gasteiger partial charge in [-0.2, -0.15) is 0 Å². The van der Waals surface area contributed by atoms with Crippen molar-refractivity contribution >= 4 is 27.5 Å². The van der Waals surface area contributed by atoms with E-state index in [4.69, 9.17) is 11.6 Å². The number of nitrogens with zero attached hydrogens (tertiary/aromatic N) is 1. The summed E-state index contributed by atoms with van der Waals surface area (Å²) >= 11 is 9.41. The second-order valence-corrected chi connectivity index (χ2v) is 5.20. The summed E-state index contributed by atoms with van der Waals surface area (Å²) in [6, 6.07) is 5.97. The molecule has 0 aliphatic rings. The molecule has 16 heavy (non-hydrogen) atoms. The van der Waals surface area contributed by atoms with E-state index in [0.29, 0.717) is 0 Å². The maximum atomic E-state index is 5.97. The number of hydrogen-bond donors (Lipinski definition) is 1. The van der Waals surface area contributed by atoms with Crippen molar-refractivity contribution in [1.82, 2.24) is 10.2 Å². The first-order valence-electron chi connectivity index (χ1n) is 5.46. The Bertz CT molecular complexity index is 311. The quantitative estimate of drug-likeness (QED) is 0.812. The van der Waals surface area contributed by atoms with Crippen LogP contribution in [0.4, 0.5) is 0 Å². The topological polar surface area (TPSA) is 15.3 Å². The molecule has 0 unspecified atom stereocenters. The summed E-state index contributed by atoms with van der Waals surface area (Å²) < 4.78 is 1.03. The van der Waals surface area contributed by atoms with Gasteiger partial charge in [0, 0.05) is 29.1 Å². The third-order valence-electron chi connectivity index (χ3n) is 2.46. The second kappa shape index (κ2) is 7.28. The number of likely N-dealkylation sites (N-methyl/N-ethyl adjacent to an activating group) is 1. The SMILES string of the molecule is CCN(C)CCNCc1cc(Cl)cc(Br)c1. The van der Waals surface area contributed by atoms with Gasteiger partial charge in [-0.1, -0.05) is 34.5 Å².